The lowest BCUT2D eigenvalue weighted by Crippen LogP contribution is -2.23. The van der Waals surface area contributed by atoms with Gasteiger partial charge in [0, 0.05) is 10.3 Å². The van der Waals surface area contributed by atoms with Crippen molar-refractivity contribution < 1.29 is 9.53 Å². The molecule has 1 amide bonds. The molecule has 0 spiro atoms. The van der Waals surface area contributed by atoms with Crippen LogP contribution < -0.4 is 10.1 Å². The molecular formula is C19H21N3O2S2. The molecule has 0 saturated carbocycles. The number of carbonyl (C=O) groups excluding carboxylic acids is 1. The fourth-order valence-electron chi connectivity index (χ4n) is 2.61. The van der Waals surface area contributed by atoms with Gasteiger partial charge >= 0.3 is 0 Å². The summed E-state index contributed by atoms with van der Waals surface area (Å²) in [5.74, 6) is 0.560. The summed E-state index contributed by atoms with van der Waals surface area (Å²) in [4.78, 5) is 23.6. The minimum absolute atomic E-state index is 0.0877. The molecule has 1 N–H and O–H groups in total. The van der Waals surface area contributed by atoms with Crippen LogP contribution in [0.15, 0.2) is 29.6 Å². The van der Waals surface area contributed by atoms with E-state index in [-0.39, 0.29) is 11.2 Å². The Bertz CT molecular complexity index is 969. The van der Waals surface area contributed by atoms with E-state index in [0.29, 0.717) is 11.4 Å². The quantitative estimate of drug-likeness (QED) is 0.506. The molecule has 3 rings (SSSR count). The second-order valence-corrected chi connectivity index (χ2v) is 8.63. The third kappa shape index (κ3) is 3.68. The lowest BCUT2D eigenvalue weighted by Gasteiger charge is -2.15. The maximum atomic E-state index is 12.7. The van der Waals surface area contributed by atoms with Gasteiger partial charge in [-0.25, -0.2) is 9.97 Å². The van der Waals surface area contributed by atoms with Gasteiger partial charge < -0.3 is 10.1 Å². The number of hydrogen-bond donors (Lipinski definition) is 1. The molecule has 7 heteroatoms. The van der Waals surface area contributed by atoms with E-state index in [9.17, 15) is 4.79 Å². The van der Waals surface area contributed by atoms with Crippen LogP contribution in [0, 0.1) is 20.8 Å². The standard InChI is InChI=1S/C19H21N3O2S2/c1-10-6-7-15(24-5)14(8-10)22-17(23)13(4)26-19-16-11(2)12(3)25-18(16)20-9-21-19/h6-9,13H,1-5H3,(H,22,23). The van der Waals surface area contributed by atoms with E-state index >= 15 is 0 Å². The van der Waals surface area contributed by atoms with Crippen LogP contribution in [-0.2, 0) is 4.79 Å². The topological polar surface area (TPSA) is 64.1 Å². The minimum Gasteiger partial charge on any atom is -0.495 e. The predicted octanol–water partition coefficient (Wildman–Crippen LogP) is 4.74. The first-order valence-electron chi connectivity index (χ1n) is 8.23. The molecule has 0 radical (unpaired) electrons. The highest BCUT2D eigenvalue weighted by molar-refractivity contribution is 8.00. The smallest absolute Gasteiger partial charge is 0.237 e. The lowest BCUT2D eigenvalue weighted by molar-refractivity contribution is -0.115. The van der Waals surface area contributed by atoms with Gasteiger partial charge in [0.25, 0.3) is 0 Å². The number of nitrogens with zero attached hydrogens (tertiary/aromatic N) is 2. The molecule has 0 fully saturated rings. The highest BCUT2D eigenvalue weighted by atomic mass is 32.2. The molecule has 5 nitrogen and oxygen atoms in total. The van der Waals surface area contributed by atoms with Gasteiger partial charge in [0.2, 0.25) is 5.91 Å². The van der Waals surface area contributed by atoms with E-state index in [1.165, 1.54) is 22.2 Å². The molecule has 2 aromatic heterocycles. The van der Waals surface area contributed by atoms with Crippen LogP contribution in [0.4, 0.5) is 5.69 Å². The molecule has 1 unspecified atom stereocenters. The van der Waals surface area contributed by atoms with Crippen molar-refractivity contribution in [2.45, 2.75) is 38.0 Å². The lowest BCUT2D eigenvalue weighted by atomic mass is 10.2. The average Bonchev–Trinajstić information content (AvgIpc) is 2.90. The van der Waals surface area contributed by atoms with Gasteiger partial charge in [0.15, 0.2) is 0 Å². The average molecular weight is 388 g/mol. The number of amides is 1. The highest BCUT2D eigenvalue weighted by Gasteiger charge is 2.20. The van der Waals surface area contributed by atoms with Gasteiger partial charge in [0.1, 0.15) is 21.9 Å². The van der Waals surface area contributed by atoms with E-state index in [1.54, 1.807) is 24.8 Å². The Labute approximate surface area is 161 Å². The Morgan fingerprint density at radius 2 is 2.04 bits per heavy atom. The Balaban J connectivity index is 1.81. The summed E-state index contributed by atoms with van der Waals surface area (Å²) in [5, 5.41) is 4.55. The van der Waals surface area contributed by atoms with E-state index in [1.807, 2.05) is 32.0 Å². The molecule has 2 heterocycles. The van der Waals surface area contributed by atoms with Crippen molar-refractivity contribution in [2.75, 3.05) is 12.4 Å². The van der Waals surface area contributed by atoms with Crippen LogP contribution >= 0.6 is 23.1 Å². The SMILES string of the molecule is COc1ccc(C)cc1NC(=O)C(C)Sc1ncnc2sc(C)c(C)c12. The summed E-state index contributed by atoms with van der Waals surface area (Å²) in [5.41, 5.74) is 2.92. The summed E-state index contributed by atoms with van der Waals surface area (Å²) in [6.45, 7) is 8.01. The zero-order valence-corrected chi connectivity index (χ0v) is 17.0. The van der Waals surface area contributed by atoms with Crippen molar-refractivity contribution in [3.8, 4) is 5.75 Å². The monoisotopic (exact) mass is 387 g/mol. The van der Waals surface area contributed by atoms with E-state index in [0.717, 1.165) is 20.8 Å². The van der Waals surface area contributed by atoms with Gasteiger partial charge in [-0.2, -0.15) is 0 Å². The zero-order valence-electron chi connectivity index (χ0n) is 15.4. The first-order chi connectivity index (χ1) is 12.4. The van der Waals surface area contributed by atoms with Crippen molar-refractivity contribution in [3.63, 3.8) is 0 Å². The molecule has 0 aliphatic rings. The molecule has 0 saturated heterocycles. The fourth-order valence-corrected chi connectivity index (χ4v) is 4.65. The molecular weight excluding hydrogens is 366 g/mol. The maximum Gasteiger partial charge on any atom is 0.237 e. The van der Waals surface area contributed by atoms with Crippen LogP contribution in [0.2, 0.25) is 0 Å². The summed E-state index contributed by atoms with van der Waals surface area (Å²) in [7, 11) is 1.60. The third-order valence-electron chi connectivity index (χ3n) is 4.20. The third-order valence-corrected chi connectivity index (χ3v) is 6.42. The number of methoxy groups -OCH3 is 1. The van der Waals surface area contributed by atoms with Crippen LogP contribution in [0.5, 0.6) is 5.75 Å². The zero-order chi connectivity index (χ0) is 18.8. The van der Waals surface area contributed by atoms with E-state index < -0.39 is 0 Å². The number of fused-ring (bicyclic) bond motifs is 1. The minimum atomic E-state index is -0.307. The van der Waals surface area contributed by atoms with Crippen LogP contribution in [0.25, 0.3) is 10.2 Å². The molecule has 1 atom stereocenters. The Morgan fingerprint density at radius 1 is 1.27 bits per heavy atom. The molecule has 0 aliphatic heterocycles. The molecule has 0 aliphatic carbocycles. The summed E-state index contributed by atoms with van der Waals surface area (Å²) in [6, 6.07) is 5.71. The number of rotatable bonds is 5. The number of carbonyl (C=O) groups is 1. The number of anilines is 1. The Kier molecular flexibility index (Phi) is 5.48. The van der Waals surface area contributed by atoms with E-state index in [2.05, 4.69) is 29.1 Å². The van der Waals surface area contributed by atoms with Gasteiger partial charge in [0.05, 0.1) is 18.0 Å². The summed E-state index contributed by atoms with van der Waals surface area (Å²) >= 11 is 3.10. The van der Waals surface area contributed by atoms with Crippen molar-refractivity contribution in [1.82, 2.24) is 9.97 Å². The summed E-state index contributed by atoms with van der Waals surface area (Å²) < 4.78 is 5.33. The Hall–Kier alpha value is -2.12. The fraction of sp³-hybridized carbons (Fsp3) is 0.316. The van der Waals surface area contributed by atoms with E-state index in [4.69, 9.17) is 4.74 Å². The number of thioether (sulfide) groups is 1. The van der Waals surface area contributed by atoms with Gasteiger partial charge in [-0.15, -0.1) is 11.3 Å². The van der Waals surface area contributed by atoms with Crippen molar-refractivity contribution in [3.05, 3.63) is 40.5 Å². The van der Waals surface area contributed by atoms with Gasteiger partial charge in [-0.3, -0.25) is 4.79 Å². The Morgan fingerprint density at radius 3 is 2.77 bits per heavy atom. The predicted molar refractivity (Wildman–Crippen MR) is 109 cm³/mol. The number of aryl methyl sites for hydroxylation is 3. The largest absolute Gasteiger partial charge is 0.495 e. The van der Waals surface area contributed by atoms with Crippen LogP contribution in [-0.4, -0.2) is 28.2 Å². The summed E-state index contributed by atoms with van der Waals surface area (Å²) in [6.07, 6.45) is 1.56. The van der Waals surface area contributed by atoms with Crippen LogP contribution in [0.1, 0.15) is 22.9 Å². The van der Waals surface area contributed by atoms with Gasteiger partial charge in [-0.05, 0) is 51.0 Å². The molecule has 0 bridgehead atoms. The van der Waals surface area contributed by atoms with Crippen molar-refractivity contribution >= 4 is 44.9 Å². The first kappa shape index (κ1) is 18.7. The number of benzene rings is 1. The first-order valence-corrected chi connectivity index (χ1v) is 9.93. The number of thiophene rings is 1. The highest BCUT2D eigenvalue weighted by Crippen LogP contribution is 2.36. The number of nitrogens with one attached hydrogen (secondary N) is 1. The van der Waals surface area contributed by atoms with Crippen molar-refractivity contribution in [1.29, 1.82) is 0 Å². The molecule has 136 valence electrons. The number of ether oxygens (including phenoxy) is 1. The molecule has 3 aromatic rings. The maximum absolute atomic E-state index is 12.7. The number of aromatic nitrogens is 2. The molecule has 26 heavy (non-hydrogen) atoms. The second-order valence-electron chi connectivity index (χ2n) is 6.10. The van der Waals surface area contributed by atoms with Crippen LogP contribution in [0.3, 0.4) is 0 Å². The molecule has 1 aromatic carbocycles. The van der Waals surface area contributed by atoms with Crippen molar-refractivity contribution in [2.24, 2.45) is 0 Å². The second kappa shape index (κ2) is 7.63. The normalized spacial score (nSPS) is 12.2. The number of hydrogen-bond acceptors (Lipinski definition) is 6. The van der Waals surface area contributed by atoms with Gasteiger partial charge in [-0.1, -0.05) is 17.8 Å².